The highest BCUT2D eigenvalue weighted by atomic mass is 15.0. The van der Waals surface area contributed by atoms with E-state index < -0.39 is 0 Å². The van der Waals surface area contributed by atoms with Gasteiger partial charge in [0.25, 0.3) is 0 Å². The van der Waals surface area contributed by atoms with Gasteiger partial charge in [-0.1, -0.05) is 267 Å². The molecule has 24 rings (SSSR count). The van der Waals surface area contributed by atoms with Crippen molar-refractivity contribution in [1.82, 2.24) is 13.7 Å². The lowest BCUT2D eigenvalue weighted by Gasteiger charge is -2.40. The van der Waals surface area contributed by atoms with Crippen LogP contribution in [0.15, 0.2) is 303 Å². The molecule has 0 N–H and O–H groups in total. The second kappa shape index (κ2) is 22.5. The summed E-state index contributed by atoms with van der Waals surface area (Å²) in [6, 6.07) is 119. The van der Waals surface area contributed by atoms with Crippen LogP contribution in [0.1, 0.15) is 157 Å². The Morgan fingerprint density at radius 1 is 0.279 bits per heavy atom. The maximum Gasteiger partial charge on any atom is 0.0582 e. The van der Waals surface area contributed by atoms with Crippen LogP contribution in [0.5, 0.6) is 0 Å². The summed E-state index contributed by atoms with van der Waals surface area (Å²) < 4.78 is 7.71. The van der Waals surface area contributed by atoms with Gasteiger partial charge in [0.05, 0.1) is 44.5 Å². The minimum atomic E-state index is -0.367. The molecule has 18 aromatic rings. The summed E-state index contributed by atoms with van der Waals surface area (Å²) >= 11 is 0. The van der Waals surface area contributed by atoms with Crippen LogP contribution in [0.25, 0.3) is 138 Å². The zero-order valence-electron chi connectivity index (χ0n) is 63.9. The summed E-state index contributed by atoms with van der Waals surface area (Å²) in [6.45, 7) is 17.1. The quantitative estimate of drug-likeness (QED) is 0.158. The number of nitrogens with zero attached hydrogens (tertiary/aromatic N) is 3. The normalized spacial score (nSPS) is 18.0. The number of aromatic nitrogens is 3. The van der Waals surface area contributed by atoms with Crippen molar-refractivity contribution in [2.24, 2.45) is 0 Å². The summed E-state index contributed by atoms with van der Waals surface area (Å²) in [6.07, 6.45) is 5.13. The highest BCUT2D eigenvalue weighted by molar-refractivity contribution is 6.16. The zero-order valence-corrected chi connectivity index (χ0v) is 63.9. The van der Waals surface area contributed by atoms with Crippen LogP contribution in [0.4, 0.5) is 0 Å². The minimum Gasteiger partial charge on any atom is -0.309 e. The lowest BCUT2D eigenvalue weighted by molar-refractivity contribution is 0.560. The molecule has 0 radical (unpaired) electrons. The molecule has 3 aromatic heterocycles. The van der Waals surface area contributed by atoms with Gasteiger partial charge in [-0.3, -0.25) is 0 Å². The predicted molar refractivity (Wildman–Crippen MR) is 463 cm³/mol. The van der Waals surface area contributed by atoms with Gasteiger partial charge >= 0.3 is 0 Å². The van der Waals surface area contributed by atoms with Crippen LogP contribution >= 0.6 is 0 Å². The van der Waals surface area contributed by atoms with E-state index in [1.165, 1.54) is 222 Å². The van der Waals surface area contributed by atoms with Crippen molar-refractivity contribution in [3.63, 3.8) is 0 Å². The number of benzene rings is 15. The fourth-order valence-corrected chi connectivity index (χ4v) is 23.1. The first kappa shape index (κ1) is 63.6. The molecule has 0 saturated carbocycles. The monoisotopic (exact) mass is 1420 g/mol. The molecule has 0 fully saturated rings. The van der Waals surface area contributed by atoms with Gasteiger partial charge < -0.3 is 13.7 Å². The second-order valence-corrected chi connectivity index (χ2v) is 35.1. The fraction of sp³-hybridized carbons (Fsp3) is 0.167. The largest absolute Gasteiger partial charge is 0.309 e. The molecule has 3 nitrogen and oxygen atoms in total. The summed E-state index contributed by atoms with van der Waals surface area (Å²) in [5.41, 5.74) is 45.0. The summed E-state index contributed by atoms with van der Waals surface area (Å²) in [5, 5.41) is 7.66. The van der Waals surface area contributed by atoms with Gasteiger partial charge in [-0.05, 0) is 256 Å². The number of aryl methyl sites for hydroxylation is 2. The smallest absolute Gasteiger partial charge is 0.0582 e. The van der Waals surface area contributed by atoms with Gasteiger partial charge in [0.1, 0.15) is 0 Å². The van der Waals surface area contributed by atoms with E-state index in [1.807, 2.05) is 0 Å². The van der Waals surface area contributed by atoms with Gasteiger partial charge in [0.2, 0.25) is 0 Å². The van der Waals surface area contributed by atoms with Crippen molar-refractivity contribution in [3.05, 3.63) is 387 Å². The van der Waals surface area contributed by atoms with Gasteiger partial charge in [0, 0.05) is 71.5 Å². The molecule has 4 aliphatic carbocycles. The number of hydrogen-bond acceptors (Lipinski definition) is 0. The van der Waals surface area contributed by atoms with Crippen molar-refractivity contribution < 1.29 is 0 Å². The Kier molecular flexibility index (Phi) is 12.9. The molecule has 3 unspecified atom stereocenters. The van der Waals surface area contributed by atoms with Gasteiger partial charge in [-0.25, -0.2) is 0 Å². The van der Waals surface area contributed by atoms with Crippen LogP contribution in [-0.4, -0.2) is 13.7 Å². The molecule has 15 aromatic carbocycles. The molecule has 0 saturated heterocycles. The van der Waals surface area contributed by atoms with Crippen LogP contribution in [0.3, 0.4) is 0 Å². The topological polar surface area (TPSA) is 14.8 Å². The SMILES string of the molecule is CC1(C)c2ccccc2C2CCc3ccc(-c4ccc5c(c4)c4cc(-c6ccc7c(c6)c6cccc8c6n7-c6ccccc6C8(C)Cc6cccc(-n7c8ccccc8c8ccc(-c9ccc%10c(c9)-c9cccc%11c9C(CC%10)c9ccccc9C%11(C)C)cc87)c6)cc6c4n5-c4ccccc4C6(C)C)cc3-c3cccc1c32. The third kappa shape index (κ3) is 8.59. The molecule has 6 aliphatic rings. The van der Waals surface area contributed by atoms with Crippen molar-refractivity contribution in [2.75, 3.05) is 0 Å². The molecule has 3 heteroatoms. The van der Waals surface area contributed by atoms with E-state index in [0.29, 0.717) is 11.8 Å². The summed E-state index contributed by atoms with van der Waals surface area (Å²) in [4.78, 5) is 0. The van der Waals surface area contributed by atoms with E-state index in [4.69, 9.17) is 0 Å². The molecule has 3 atom stereocenters. The fourth-order valence-electron chi connectivity index (χ4n) is 23.1. The minimum absolute atomic E-state index is 0.0797. The van der Waals surface area contributed by atoms with E-state index in [-0.39, 0.29) is 21.7 Å². The number of para-hydroxylation sites is 4. The lowest BCUT2D eigenvalue weighted by atomic mass is 9.63. The Labute approximate surface area is 648 Å². The standard InChI is InChI=1S/C108H83N3/c1-105(2)87-30-11-8-24-73(87)79-50-44-64-40-42-66(55-82(64)77-27-19-34-91(105)101(77)79)68-47-52-97-85(57-68)86-59-71(60-94-104(86)110(97)98-38-16-13-32-89(98)107(94,5)6)69-48-53-96-84(58-69)81-29-21-36-93-103(81)111(96)99-39-17-14-33-90(99)108(93,7)62-63-22-18-23-72(54-63)109-95-37-15-10-26-75(95)76-49-46-70(61-100(76)109)67-43-41-65-45-51-80-74-25-9-12-31-88(74)106(3,4)92-35-20-28-78(102(80)92)83(65)56-67/h8-43,46-49,52-61,79-80H,44-45,50-51,62H2,1-7H3. The summed E-state index contributed by atoms with van der Waals surface area (Å²) in [7, 11) is 0. The Morgan fingerprint density at radius 2 is 0.730 bits per heavy atom. The van der Waals surface area contributed by atoms with E-state index >= 15 is 0 Å². The Bertz CT molecular complexity index is 7190. The number of fused-ring (bicyclic) bond motifs is 21. The van der Waals surface area contributed by atoms with Crippen LogP contribution in [0, 0.1) is 0 Å². The maximum atomic E-state index is 2.59. The van der Waals surface area contributed by atoms with Crippen LogP contribution in [-0.2, 0) is 40.9 Å². The molecule has 0 spiro atoms. The Morgan fingerprint density at radius 3 is 1.39 bits per heavy atom. The Hall–Kier alpha value is -12.3. The molecule has 2 aliphatic heterocycles. The van der Waals surface area contributed by atoms with Crippen molar-refractivity contribution >= 4 is 65.4 Å². The first-order valence-electron chi connectivity index (χ1n) is 40.4. The molecule has 530 valence electrons. The predicted octanol–water partition coefficient (Wildman–Crippen LogP) is 27.2. The van der Waals surface area contributed by atoms with Crippen molar-refractivity contribution in [2.45, 2.75) is 114 Å². The van der Waals surface area contributed by atoms with Gasteiger partial charge in [-0.15, -0.1) is 0 Å². The maximum absolute atomic E-state index is 2.59. The Balaban J connectivity index is 0.611. The zero-order chi connectivity index (χ0) is 73.9. The van der Waals surface area contributed by atoms with Crippen LogP contribution < -0.4 is 0 Å². The van der Waals surface area contributed by atoms with Crippen LogP contribution in [0.2, 0.25) is 0 Å². The average Bonchev–Trinajstić information content (AvgIpc) is 1.48. The average molecular weight is 1420 g/mol. The molecule has 111 heavy (non-hydrogen) atoms. The van der Waals surface area contributed by atoms with Crippen molar-refractivity contribution in [1.29, 1.82) is 0 Å². The number of hydrogen-bond donors (Lipinski definition) is 0. The lowest BCUT2D eigenvalue weighted by Crippen LogP contribution is -2.32. The first-order chi connectivity index (χ1) is 54.2. The van der Waals surface area contributed by atoms with Crippen molar-refractivity contribution in [3.8, 4) is 72.7 Å². The highest BCUT2D eigenvalue weighted by Gasteiger charge is 2.44. The van der Waals surface area contributed by atoms with Gasteiger partial charge in [-0.2, -0.15) is 0 Å². The first-order valence-corrected chi connectivity index (χ1v) is 40.4. The van der Waals surface area contributed by atoms with Gasteiger partial charge in [0.15, 0.2) is 0 Å². The van der Waals surface area contributed by atoms with E-state index in [9.17, 15) is 0 Å². The highest BCUT2D eigenvalue weighted by Crippen LogP contribution is 2.58. The molecule has 0 amide bonds. The third-order valence-electron chi connectivity index (χ3n) is 28.4. The molecular weight excluding hydrogens is 1340 g/mol. The molecular formula is C108H83N3. The molecule has 5 heterocycles. The summed E-state index contributed by atoms with van der Waals surface area (Å²) in [5.74, 6) is 0.750. The number of rotatable bonds is 6. The second-order valence-electron chi connectivity index (χ2n) is 35.1. The van der Waals surface area contributed by atoms with E-state index in [2.05, 4.69) is 365 Å². The third-order valence-corrected chi connectivity index (χ3v) is 28.4. The van der Waals surface area contributed by atoms with E-state index in [1.54, 1.807) is 0 Å². The van der Waals surface area contributed by atoms with E-state index in [0.717, 1.165) is 32.1 Å². The molecule has 0 bridgehead atoms.